The third-order valence-electron chi connectivity index (χ3n) is 18.3. The van der Waals surface area contributed by atoms with Crippen LogP contribution in [0.4, 0.5) is 4.79 Å². The van der Waals surface area contributed by atoms with Gasteiger partial charge in [-0.3, -0.25) is 24.0 Å². The van der Waals surface area contributed by atoms with Gasteiger partial charge in [-0.1, -0.05) is 57.9 Å². The first kappa shape index (κ1) is 47.7. The second-order valence-corrected chi connectivity index (χ2v) is 21.7. The molecule has 356 valence electrons. The molecule has 9 aliphatic rings. The topological polar surface area (TPSA) is 209 Å². The van der Waals surface area contributed by atoms with E-state index in [1.54, 1.807) is 52.0 Å². The van der Waals surface area contributed by atoms with Gasteiger partial charge >= 0.3 is 12.1 Å². The zero-order valence-corrected chi connectivity index (χ0v) is 39.2. The molecule has 0 aromatic carbocycles. The van der Waals surface area contributed by atoms with Gasteiger partial charge in [-0.15, -0.1) is 0 Å². The van der Waals surface area contributed by atoms with Crippen molar-refractivity contribution in [3.05, 3.63) is 47.6 Å². The maximum atomic E-state index is 13.6. The van der Waals surface area contributed by atoms with E-state index in [4.69, 9.17) is 23.7 Å². The number of fused-ring (bicyclic) bond motifs is 12. The van der Waals surface area contributed by atoms with Gasteiger partial charge in [0.1, 0.15) is 6.61 Å². The van der Waals surface area contributed by atoms with Gasteiger partial charge in [-0.25, -0.2) is 4.79 Å². The quantitative estimate of drug-likeness (QED) is 0.238. The lowest BCUT2D eigenvalue weighted by Gasteiger charge is -2.59. The molecule has 0 bridgehead atoms. The molecule has 0 radical (unpaired) electrons. The minimum absolute atomic E-state index is 0.000515. The Morgan fingerprint density at radius 3 is 1.85 bits per heavy atom. The molecule has 7 fully saturated rings. The number of ether oxygens (including phenoxy) is 5. The summed E-state index contributed by atoms with van der Waals surface area (Å²) in [6.45, 7) is 14.1. The number of aliphatic hydroxyl groups is 3. The normalized spacial score (nSPS) is 44.8. The predicted molar refractivity (Wildman–Crippen MR) is 233 cm³/mol. The second kappa shape index (κ2) is 16.5. The van der Waals surface area contributed by atoms with E-state index in [0.29, 0.717) is 19.3 Å². The molecule has 0 aromatic heterocycles. The van der Waals surface area contributed by atoms with Crippen molar-refractivity contribution >= 4 is 35.3 Å². The summed E-state index contributed by atoms with van der Waals surface area (Å²) in [5, 5.41) is 32.9. The fourth-order valence-electron chi connectivity index (χ4n) is 15.7. The molecule has 65 heavy (non-hydrogen) atoms. The number of hydrogen-bond donors (Lipinski definition) is 3. The smallest absolute Gasteiger partial charge is 0.457 e. The maximum Gasteiger partial charge on any atom is 0.509 e. The first-order valence-corrected chi connectivity index (χ1v) is 23.8. The molecule has 0 amide bonds. The van der Waals surface area contributed by atoms with Crippen LogP contribution in [0.3, 0.4) is 0 Å². The van der Waals surface area contributed by atoms with Gasteiger partial charge in [0, 0.05) is 39.9 Å². The molecule has 9 rings (SSSR count). The van der Waals surface area contributed by atoms with Gasteiger partial charge in [-0.2, -0.15) is 0 Å². The van der Waals surface area contributed by atoms with E-state index in [-0.39, 0.29) is 84.1 Å². The van der Waals surface area contributed by atoms with E-state index in [9.17, 15) is 44.1 Å². The summed E-state index contributed by atoms with van der Waals surface area (Å²) in [7, 11) is 0. The van der Waals surface area contributed by atoms with Crippen molar-refractivity contribution in [3.8, 4) is 0 Å². The molecule has 15 atom stereocenters. The summed E-state index contributed by atoms with van der Waals surface area (Å²) >= 11 is 0. The van der Waals surface area contributed by atoms with Crippen molar-refractivity contribution in [2.45, 2.75) is 155 Å². The lowest BCUT2D eigenvalue weighted by molar-refractivity contribution is -0.225. The summed E-state index contributed by atoms with van der Waals surface area (Å²) < 4.78 is 28.6. The van der Waals surface area contributed by atoms with E-state index >= 15 is 0 Å². The Morgan fingerprint density at radius 1 is 0.754 bits per heavy atom. The molecule has 0 unspecified atom stereocenters. The molecular weight excluding hydrogens is 837 g/mol. The van der Waals surface area contributed by atoms with Crippen LogP contribution >= 0.6 is 0 Å². The minimum atomic E-state index is -1.56. The van der Waals surface area contributed by atoms with E-state index < -0.39 is 82.7 Å². The fourth-order valence-corrected chi connectivity index (χ4v) is 15.7. The summed E-state index contributed by atoms with van der Waals surface area (Å²) in [6, 6.07) is 0. The van der Waals surface area contributed by atoms with Crippen molar-refractivity contribution in [1.82, 2.24) is 0 Å². The van der Waals surface area contributed by atoms with Gasteiger partial charge in [0.2, 0.25) is 5.78 Å². The molecule has 14 nitrogen and oxygen atoms in total. The van der Waals surface area contributed by atoms with Crippen LogP contribution in [0.1, 0.15) is 120 Å². The predicted octanol–water partition coefficient (Wildman–Crippen LogP) is 6.03. The summed E-state index contributed by atoms with van der Waals surface area (Å²) in [4.78, 5) is 75.1. The molecule has 0 aromatic rings. The van der Waals surface area contributed by atoms with Gasteiger partial charge in [0.25, 0.3) is 0 Å². The van der Waals surface area contributed by atoms with Crippen molar-refractivity contribution in [3.63, 3.8) is 0 Å². The minimum Gasteiger partial charge on any atom is -0.457 e. The van der Waals surface area contributed by atoms with Crippen LogP contribution in [0.5, 0.6) is 0 Å². The fraction of sp³-hybridized carbons (Fsp3) is 0.725. The molecule has 8 aliphatic carbocycles. The largest absolute Gasteiger partial charge is 0.509 e. The Balaban J connectivity index is 0.000000179. The van der Waals surface area contributed by atoms with Gasteiger partial charge < -0.3 is 39.0 Å². The Labute approximate surface area is 381 Å². The Morgan fingerprint density at radius 2 is 1.31 bits per heavy atom. The molecule has 14 heteroatoms. The molecule has 1 saturated heterocycles. The van der Waals surface area contributed by atoms with Crippen LogP contribution in [0.2, 0.25) is 0 Å². The zero-order chi connectivity index (χ0) is 47.3. The molecule has 0 spiro atoms. The van der Waals surface area contributed by atoms with Crippen LogP contribution in [0.25, 0.3) is 0 Å². The molecule has 6 saturated carbocycles. The van der Waals surface area contributed by atoms with Crippen molar-refractivity contribution < 1.29 is 67.8 Å². The van der Waals surface area contributed by atoms with Crippen LogP contribution in [-0.2, 0) is 47.7 Å². The van der Waals surface area contributed by atoms with Crippen molar-refractivity contribution in [1.29, 1.82) is 0 Å². The number of allylic oxidation sites excluding steroid dienone is 8. The number of carbonyl (C=O) groups is 6. The lowest BCUT2D eigenvalue weighted by atomic mass is 9.46. The SMILES string of the molecule is CC1(C)O[C@@H]2C[C@H]3[C@@H]4CCC5=CC(=O)C=C[C@]5(C)[C@H]4[C@@H](O)C[C@]3(C)[C@]2(C(=O)CO)O1.CCOC(=O)O[C@]1(C(=O)COC(=O)CC)CC[C@H]2[C@@H]3CCC4=CC(=O)C=C[C@]4(C)[C@H]3[C@@H](O)C[C@@]21C. The Hall–Kier alpha value is -3.82. The number of carbonyl (C=O) groups excluding carboxylic acids is 6. The monoisotopic (exact) mass is 904 g/mol. The summed E-state index contributed by atoms with van der Waals surface area (Å²) in [5.41, 5.74) is -2.93. The van der Waals surface area contributed by atoms with E-state index in [0.717, 1.165) is 36.8 Å². The van der Waals surface area contributed by atoms with Crippen LogP contribution in [-0.4, -0.2) is 106 Å². The standard InChI is InChI=1S/C27H36O8.C24H32O6/c1-5-22(31)34-15-21(30)27(35-24(32)33-6-2)12-10-19-18-8-7-16-13-17(28)9-11-25(16,3)23(18)20(29)14-26(19,27)4;1-21(2)29-19-10-16-15-6-5-13-9-14(26)7-8-22(13,3)20(15)17(27)11-23(16,4)24(19,30-21)18(28)12-25/h9,11,13,18-20,23,29H,5-8,10,12,14-15H2,1-4H3;7-9,15-17,19-20,25,27H,5-6,10-12H2,1-4H3/t18-,19-,20-,23+,25-,26-,27-;15-,16-,17-,19+,20+,22-,23-,24+/m00/s1. The number of rotatable bonds is 8. The highest BCUT2D eigenvalue weighted by molar-refractivity contribution is 6.02. The first-order valence-electron chi connectivity index (χ1n) is 23.8. The molecule has 1 aliphatic heterocycles. The Kier molecular flexibility index (Phi) is 12.1. The van der Waals surface area contributed by atoms with E-state index in [2.05, 4.69) is 13.8 Å². The number of hydrogen-bond acceptors (Lipinski definition) is 14. The number of Topliss-reactive ketones (excluding diaryl/α,β-unsaturated/α-hetero) is 2. The third kappa shape index (κ3) is 7.03. The van der Waals surface area contributed by atoms with Gasteiger partial charge in [0.15, 0.2) is 40.9 Å². The highest BCUT2D eigenvalue weighted by Crippen LogP contribution is 2.71. The van der Waals surface area contributed by atoms with Crippen molar-refractivity contribution in [2.24, 2.45) is 57.2 Å². The highest BCUT2D eigenvalue weighted by atomic mass is 16.8. The first-order chi connectivity index (χ1) is 30.5. The van der Waals surface area contributed by atoms with Gasteiger partial charge in [-0.05, 0) is 127 Å². The lowest BCUT2D eigenvalue weighted by Crippen LogP contribution is -2.63. The Bertz CT molecular complexity index is 2150. The third-order valence-corrected chi connectivity index (χ3v) is 18.3. The summed E-state index contributed by atoms with van der Waals surface area (Å²) in [5.74, 6) is -2.00. The average Bonchev–Trinajstić information content (AvgIpc) is 3.79. The van der Waals surface area contributed by atoms with Crippen LogP contribution in [0.15, 0.2) is 47.6 Å². The van der Waals surface area contributed by atoms with E-state index in [1.807, 2.05) is 26.0 Å². The average molecular weight is 905 g/mol. The molecule has 1 heterocycles. The molecule has 3 N–H and O–H groups in total. The van der Waals surface area contributed by atoms with Crippen LogP contribution < -0.4 is 0 Å². The van der Waals surface area contributed by atoms with Crippen LogP contribution in [0, 0.1) is 57.2 Å². The number of aliphatic hydroxyl groups excluding tert-OH is 3. The van der Waals surface area contributed by atoms with Gasteiger partial charge in [0.05, 0.1) is 24.9 Å². The second-order valence-electron chi connectivity index (χ2n) is 21.7. The molecular formula is C51H68O14. The van der Waals surface area contributed by atoms with E-state index in [1.165, 1.54) is 0 Å². The number of ketones is 4. The van der Waals surface area contributed by atoms with Crippen molar-refractivity contribution in [2.75, 3.05) is 19.8 Å². The number of esters is 1. The highest BCUT2D eigenvalue weighted by Gasteiger charge is 2.77. The summed E-state index contributed by atoms with van der Waals surface area (Å²) in [6.07, 6.45) is 13.3. The maximum absolute atomic E-state index is 13.6. The zero-order valence-electron chi connectivity index (χ0n) is 39.2.